The van der Waals surface area contributed by atoms with Crippen molar-refractivity contribution in [3.8, 4) is 0 Å². The smallest absolute Gasteiger partial charge is 0.279 e. The third-order valence-electron chi connectivity index (χ3n) is 6.65. The van der Waals surface area contributed by atoms with Crippen LogP contribution in [-0.2, 0) is 9.59 Å². The fraction of sp³-hybridized carbons (Fsp3) is 0.786. The summed E-state index contributed by atoms with van der Waals surface area (Å²) in [5.41, 5.74) is 0. The van der Waals surface area contributed by atoms with E-state index in [0.29, 0.717) is 25.7 Å². The number of nitrogens with one attached hydrogen (secondary N) is 2. The van der Waals surface area contributed by atoms with Gasteiger partial charge in [0.1, 0.15) is 0 Å². The lowest BCUT2D eigenvalue weighted by atomic mass is 10.1. The first-order valence-corrected chi connectivity index (χ1v) is 13.9. The lowest BCUT2D eigenvalue weighted by molar-refractivity contribution is -0.122. The van der Waals surface area contributed by atoms with Gasteiger partial charge in [-0.3, -0.25) is 9.59 Å². The van der Waals surface area contributed by atoms with Gasteiger partial charge in [0.05, 0.1) is 0 Å². The topological polar surface area (TPSA) is 78.4 Å². The highest BCUT2D eigenvalue weighted by molar-refractivity contribution is 5.92. The quantitative estimate of drug-likeness (QED) is 0.129. The van der Waals surface area contributed by atoms with E-state index >= 15 is 0 Å². The summed E-state index contributed by atoms with van der Waals surface area (Å²) in [4.78, 5) is 24.4. The summed E-state index contributed by atoms with van der Waals surface area (Å²) in [6.07, 6.45) is 19.4. The molecule has 0 heterocycles. The van der Waals surface area contributed by atoms with Gasteiger partial charge in [0.15, 0.2) is 11.7 Å². The molecule has 1 aliphatic rings. The Kier molecular flexibility index (Phi) is 18.3. The van der Waals surface area contributed by atoms with Gasteiger partial charge in [-0.05, 0) is 63.5 Å². The van der Waals surface area contributed by atoms with Crippen molar-refractivity contribution < 1.29 is 23.5 Å². The molecule has 0 unspecified atom stereocenters. The van der Waals surface area contributed by atoms with Crippen LogP contribution in [0.15, 0.2) is 23.8 Å². The van der Waals surface area contributed by atoms with Crippen LogP contribution >= 0.6 is 0 Å². The Balaban J connectivity index is 2.30. The van der Waals surface area contributed by atoms with Crippen molar-refractivity contribution in [2.75, 3.05) is 6.61 Å². The number of aliphatic hydroxyl groups is 1. The molecule has 3 N–H and O–H groups in total. The number of carbonyl (C=O) groups is 2. The molecule has 1 fully saturated rings. The van der Waals surface area contributed by atoms with Gasteiger partial charge in [0.2, 0.25) is 0 Å². The van der Waals surface area contributed by atoms with Crippen LogP contribution < -0.4 is 10.6 Å². The van der Waals surface area contributed by atoms with Gasteiger partial charge in [-0.25, -0.2) is 8.78 Å². The second kappa shape index (κ2) is 20.4. The first-order chi connectivity index (χ1) is 17.0. The van der Waals surface area contributed by atoms with Gasteiger partial charge in [0, 0.05) is 18.7 Å². The second-order valence-corrected chi connectivity index (χ2v) is 9.74. The van der Waals surface area contributed by atoms with Gasteiger partial charge in [-0.2, -0.15) is 0 Å². The number of aliphatic hydroxyl groups excluding tert-OH is 1. The first kappa shape index (κ1) is 31.3. The Labute approximate surface area is 211 Å². The van der Waals surface area contributed by atoms with Gasteiger partial charge < -0.3 is 15.7 Å². The summed E-state index contributed by atoms with van der Waals surface area (Å²) in [6.45, 7) is 2.41. The van der Waals surface area contributed by atoms with Crippen LogP contribution in [0.3, 0.4) is 0 Å². The monoisotopic (exact) mass is 498 g/mol. The lowest BCUT2D eigenvalue weighted by Gasteiger charge is -2.21. The standard InChI is InChI=1S/C28H48F2N2O3/c1-2-3-4-5-6-8-11-14-18-23(29)27(34)31-25-20-17-21-26(25)32-28(35)24(30)19-15-12-9-7-10-13-16-22-33/h18-19,25-26,33H,2-17,20-22H2,1H3,(H,31,34)(H,32,35)/b23-18-,24-19+/t25-,26+/m0/s1. The maximum atomic E-state index is 14.2. The summed E-state index contributed by atoms with van der Waals surface area (Å²) in [5.74, 6) is -3.11. The Bertz CT molecular complexity index is 598. The van der Waals surface area contributed by atoms with E-state index in [1.165, 1.54) is 37.8 Å². The van der Waals surface area contributed by atoms with Crippen LogP contribution in [0.1, 0.15) is 122 Å². The van der Waals surface area contributed by atoms with Crippen LogP contribution in [0.25, 0.3) is 0 Å². The third kappa shape index (κ3) is 15.1. The molecule has 1 rings (SSSR count). The number of allylic oxidation sites excluding steroid dienone is 2. The first-order valence-electron chi connectivity index (χ1n) is 13.9. The highest BCUT2D eigenvalue weighted by Crippen LogP contribution is 2.21. The fourth-order valence-electron chi connectivity index (χ4n) is 4.49. The van der Waals surface area contributed by atoms with E-state index < -0.39 is 35.6 Å². The van der Waals surface area contributed by atoms with Crippen molar-refractivity contribution >= 4 is 11.8 Å². The van der Waals surface area contributed by atoms with Crippen molar-refractivity contribution in [2.45, 2.75) is 135 Å². The van der Waals surface area contributed by atoms with E-state index in [2.05, 4.69) is 17.6 Å². The SMILES string of the molecule is CCCCCCCCC/C=C(\F)C(=O)N[C@H]1CCC[C@H]1NC(=O)/C(F)=C\CCCCCCCCO. The van der Waals surface area contributed by atoms with E-state index in [-0.39, 0.29) is 6.61 Å². The molecule has 0 aromatic carbocycles. The average Bonchev–Trinajstić information content (AvgIpc) is 3.28. The number of halogens is 2. The molecule has 0 aromatic rings. The minimum atomic E-state index is -0.803. The summed E-state index contributed by atoms with van der Waals surface area (Å²) in [7, 11) is 0. The Hall–Kier alpha value is -1.76. The van der Waals surface area contributed by atoms with E-state index in [0.717, 1.165) is 64.2 Å². The van der Waals surface area contributed by atoms with Gasteiger partial charge >= 0.3 is 0 Å². The van der Waals surface area contributed by atoms with Crippen molar-refractivity contribution in [3.05, 3.63) is 23.8 Å². The molecule has 0 radical (unpaired) electrons. The number of hydrogen-bond acceptors (Lipinski definition) is 3. The Morgan fingerprint density at radius 2 is 1.11 bits per heavy atom. The molecule has 0 aromatic heterocycles. The van der Waals surface area contributed by atoms with Gasteiger partial charge in [0.25, 0.3) is 11.8 Å². The molecule has 202 valence electrons. The highest BCUT2D eigenvalue weighted by atomic mass is 19.1. The fourth-order valence-corrected chi connectivity index (χ4v) is 4.49. The third-order valence-corrected chi connectivity index (χ3v) is 6.65. The zero-order chi connectivity index (χ0) is 25.7. The molecule has 0 aliphatic heterocycles. The Morgan fingerprint density at radius 3 is 1.54 bits per heavy atom. The van der Waals surface area contributed by atoms with Crippen LogP contribution in [0.4, 0.5) is 8.78 Å². The number of hydrogen-bond donors (Lipinski definition) is 3. The van der Waals surface area contributed by atoms with Crippen LogP contribution in [-0.4, -0.2) is 35.6 Å². The summed E-state index contributed by atoms with van der Waals surface area (Å²) >= 11 is 0. The number of rotatable bonds is 20. The van der Waals surface area contributed by atoms with Crippen molar-refractivity contribution in [2.24, 2.45) is 0 Å². The minimum Gasteiger partial charge on any atom is -0.396 e. The minimum absolute atomic E-state index is 0.222. The predicted molar refractivity (Wildman–Crippen MR) is 138 cm³/mol. The number of amides is 2. The van der Waals surface area contributed by atoms with Gasteiger partial charge in [-0.15, -0.1) is 0 Å². The maximum Gasteiger partial charge on any atom is 0.279 e. The number of unbranched alkanes of at least 4 members (excludes halogenated alkanes) is 13. The second-order valence-electron chi connectivity index (χ2n) is 9.74. The molecule has 7 heteroatoms. The van der Waals surface area contributed by atoms with Gasteiger partial charge in [-0.1, -0.05) is 71.1 Å². The summed E-state index contributed by atoms with van der Waals surface area (Å²) < 4.78 is 28.4. The van der Waals surface area contributed by atoms with Crippen molar-refractivity contribution in [1.82, 2.24) is 10.6 Å². The van der Waals surface area contributed by atoms with Crippen molar-refractivity contribution in [1.29, 1.82) is 0 Å². The normalized spacial score (nSPS) is 18.6. The van der Waals surface area contributed by atoms with E-state index in [9.17, 15) is 18.4 Å². The molecule has 0 bridgehead atoms. The zero-order valence-electron chi connectivity index (χ0n) is 21.8. The van der Waals surface area contributed by atoms with E-state index in [4.69, 9.17) is 5.11 Å². The van der Waals surface area contributed by atoms with E-state index in [1.54, 1.807) is 0 Å². The molecule has 35 heavy (non-hydrogen) atoms. The molecule has 0 saturated heterocycles. The molecule has 5 nitrogen and oxygen atoms in total. The average molecular weight is 499 g/mol. The summed E-state index contributed by atoms with van der Waals surface area (Å²) in [6, 6.07) is -0.788. The molecule has 2 amide bonds. The molecule has 1 aliphatic carbocycles. The molecular weight excluding hydrogens is 450 g/mol. The van der Waals surface area contributed by atoms with Crippen LogP contribution in [0.5, 0.6) is 0 Å². The van der Waals surface area contributed by atoms with E-state index in [1.807, 2.05) is 0 Å². The van der Waals surface area contributed by atoms with Crippen LogP contribution in [0.2, 0.25) is 0 Å². The number of carbonyl (C=O) groups excluding carboxylic acids is 2. The van der Waals surface area contributed by atoms with Crippen molar-refractivity contribution in [3.63, 3.8) is 0 Å². The maximum absolute atomic E-state index is 14.2. The van der Waals surface area contributed by atoms with Crippen LogP contribution in [0, 0.1) is 0 Å². The summed E-state index contributed by atoms with van der Waals surface area (Å²) in [5, 5.41) is 14.1. The molecule has 0 spiro atoms. The molecular formula is C28H48F2N2O3. The zero-order valence-corrected chi connectivity index (χ0v) is 21.8. The Morgan fingerprint density at radius 1 is 0.714 bits per heavy atom. The largest absolute Gasteiger partial charge is 0.396 e. The lowest BCUT2D eigenvalue weighted by Crippen LogP contribution is -2.48. The highest BCUT2D eigenvalue weighted by Gasteiger charge is 2.31. The molecule has 2 atom stereocenters. The molecule has 1 saturated carbocycles. The predicted octanol–water partition coefficient (Wildman–Crippen LogP) is 6.71.